The molecule has 0 saturated carbocycles. The molecule has 13 heavy (non-hydrogen) atoms. The van der Waals surface area contributed by atoms with Crippen molar-refractivity contribution in [3.63, 3.8) is 0 Å². The molecule has 66 valence electrons. The summed E-state index contributed by atoms with van der Waals surface area (Å²) < 4.78 is 0.897. The van der Waals surface area contributed by atoms with E-state index in [1.54, 1.807) is 18.3 Å². The van der Waals surface area contributed by atoms with Crippen molar-refractivity contribution in [3.05, 3.63) is 34.1 Å². The zero-order chi connectivity index (χ0) is 9.42. The van der Waals surface area contributed by atoms with Crippen LogP contribution in [0.1, 0.15) is 5.69 Å². The van der Waals surface area contributed by atoms with Gasteiger partial charge in [-0.1, -0.05) is 11.3 Å². The quantitative estimate of drug-likeness (QED) is 0.517. The Hall–Kier alpha value is -1.49. The number of hydrogen-bond acceptors (Lipinski definition) is 4. The van der Waals surface area contributed by atoms with Gasteiger partial charge in [0.15, 0.2) is 0 Å². The number of thiophene rings is 1. The first-order valence-electron chi connectivity index (χ1n) is 3.68. The molecular formula is C8H6N2O2S. The van der Waals surface area contributed by atoms with Gasteiger partial charge in [-0.05, 0) is 13.0 Å². The average molecular weight is 194 g/mol. The number of aromatic nitrogens is 1. The minimum atomic E-state index is -0.371. The van der Waals surface area contributed by atoms with Crippen molar-refractivity contribution < 1.29 is 4.92 Å². The molecule has 5 heteroatoms. The van der Waals surface area contributed by atoms with E-state index in [1.807, 2.05) is 6.92 Å². The summed E-state index contributed by atoms with van der Waals surface area (Å²) in [4.78, 5) is 14.2. The van der Waals surface area contributed by atoms with Crippen LogP contribution in [0.5, 0.6) is 0 Å². The molecule has 0 saturated heterocycles. The molecule has 0 amide bonds. The molecule has 0 spiro atoms. The largest absolute Gasteiger partial charge is 0.325 e. The molecular weight excluding hydrogens is 188 g/mol. The number of hydrogen-bond donors (Lipinski definition) is 0. The van der Waals surface area contributed by atoms with E-state index in [9.17, 15) is 10.1 Å². The SMILES string of the molecule is Cc1nccc2cc([N+](=O)[O-])sc12. The van der Waals surface area contributed by atoms with Crippen molar-refractivity contribution in [2.45, 2.75) is 6.92 Å². The normalized spacial score (nSPS) is 10.5. The third-order valence-electron chi connectivity index (χ3n) is 1.78. The van der Waals surface area contributed by atoms with Crippen LogP contribution in [0, 0.1) is 17.0 Å². The zero-order valence-corrected chi connectivity index (χ0v) is 7.67. The fraction of sp³-hybridized carbons (Fsp3) is 0.125. The number of rotatable bonds is 1. The van der Waals surface area contributed by atoms with Gasteiger partial charge in [0.1, 0.15) is 0 Å². The molecule has 2 aromatic rings. The van der Waals surface area contributed by atoms with Crippen LogP contribution in [0.4, 0.5) is 5.00 Å². The second-order valence-electron chi connectivity index (χ2n) is 2.66. The Kier molecular flexibility index (Phi) is 1.73. The van der Waals surface area contributed by atoms with Crippen LogP contribution in [0.3, 0.4) is 0 Å². The van der Waals surface area contributed by atoms with Crippen molar-refractivity contribution in [1.82, 2.24) is 4.98 Å². The maximum absolute atomic E-state index is 10.5. The Labute approximate surface area is 78.0 Å². The Bertz CT molecular complexity index is 478. The summed E-state index contributed by atoms with van der Waals surface area (Å²) in [5, 5.41) is 11.5. The lowest BCUT2D eigenvalue weighted by Crippen LogP contribution is -1.80. The minimum absolute atomic E-state index is 0.172. The van der Waals surface area contributed by atoms with Gasteiger partial charge < -0.3 is 0 Å². The van der Waals surface area contributed by atoms with Crippen molar-refractivity contribution >= 4 is 26.4 Å². The smallest absolute Gasteiger partial charge is 0.260 e. The zero-order valence-electron chi connectivity index (χ0n) is 6.85. The van der Waals surface area contributed by atoms with Gasteiger partial charge in [-0.25, -0.2) is 0 Å². The fourth-order valence-electron chi connectivity index (χ4n) is 1.18. The van der Waals surface area contributed by atoms with E-state index >= 15 is 0 Å². The molecule has 0 aromatic carbocycles. The summed E-state index contributed by atoms with van der Waals surface area (Å²) in [5.41, 5.74) is 0.843. The Balaban J connectivity index is 2.75. The first kappa shape index (κ1) is 8.12. The van der Waals surface area contributed by atoms with Crippen molar-refractivity contribution in [2.75, 3.05) is 0 Å². The van der Waals surface area contributed by atoms with Crippen LogP contribution in [-0.4, -0.2) is 9.91 Å². The monoisotopic (exact) mass is 194 g/mol. The molecule has 0 atom stereocenters. The van der Waals surface area contributed by atoms with E-state index in [0.717, 1.165) is 15.8 Å². The van der Waals surface area contributed by atoms with E-state index in [0.29, 0.717) is 0 Å². The molecule has 0 radical (unpaired) electrons. The molecule has 0 bridgehead atoms. The van der Waals surface area contributed by atoms with E-state index < -0.39 is 0 Å². The maximum Gasteiger partial charge on any atom is 0.325 e. The number of fused-ring (bicyclic) bond motifs is 1. The molecule has 4 nitrogen and oxygen atoms in total. The Morgan fingerprint density at radius 1 is 1.62 bits per heavy atom. The van der Waals surface area contributed by atoms with Crippen LogP contribution in [0.25, 0.3) is 10.1 Å². The highest BCUT2D eigenvalue weighted by atomic mass is 32.1. The Morgan fingerprint density at radius 2 is 2.38 bits per heavy atom. The number of pyridine rings is 1. The van der Waals surface area contributed by atoms with Gasteiger partial charge in [0.05, 0.1) is 15.3 Å². The molecule has 2 heterocycles. The van der Waals surface area contributed by atoms with Crippen LogP contribution in [-0.2, 0) is 0 Å². The van der Waals surface area contributed by atoms with Crippen molar-refractivity contribution in [1.29, 1.82) is 0 Å². The number of nitro groups is 1. The van der Waals surface area contributed by atoms with Gasteiger partial charge in [0.25, 0.3) is 0 Å². The number of aryl methyl sites for hydroxylation is 1. The van der Waals surface area contributed by atoms with Gasteiger partial charge in [-0.15, -0.1) is 0 Å². The van der Waals surface area contributed by atoms with Gasteiger partial charge in [-0.3, -0.25) is 15.1 Å². The van der Waals surface area contributed by atoms with Gasteiger partial charge >= 0.3 is 5.00 Å². The third kappa shape index (κ3) is 1.27. The fourth-order valence-corrected chi connectivity index (χ4v) is 2.09. The Morgan fingerprint density at radius 3 is 3.00 bits per heavy atom. The number of nitrogens with zero attached hydrogens (tertiary/aromatic N) is 2. The predicted octanol–water partition coefficient (Wildman–Crippen LogP) is 2.51. The van der Waals surface area contributed by atoms with E-state index in [1.165, 1.54) is 11.3 Å². The molecule has 0 aliphatic carbocycles. The van der Waals surface area contributed by atoms with Crippen LogP contribution in [0.2, 0.25) is 0 Å². The second kappa shape index (κ2) is 2.77. The molecule has 0 aliphatic heterocycles. The highest BCUT2D eigenvalue weighted by molar-refractivity contribution is 7.22. The highest BCUT2D eigenvalue weighted by Gasteiger charge is 2.12. The summed E-state index contributed by atoms with van der Waals surface area (Å²) >= 11 is 1.17. The molecule has 2 rings (SSSR count). The van der Waals surface area contributed by atoms with Crippen molar-refractivity contribution in [2.24, 2.45) is 0 Å². The summed E-state index contributed by atoms with van der Waals surface area (Å²) in [6, 6.07) is 3.36. The van der Waals surface area contributed by atoms with Crippen LogP contribution in [0.15, 0.2) is 18.3 Å². The predicted molar refractivity (Wildman–Crippen MR) is 51.0 cm³/mol. The van der Waals surface area contributed by atoms with Crippen molar-refractivity contribution in [3.8, 4) is 0 Å². The first-order valence-corrected chi connectivity index (χ1v) is 4.49. The summed E-state index contributed by atoms with van der Waals surface area (Å²) in [5.74, 6) is 0. The van der Waals surface area contributed by atoms with Gasteiger partial charge in [0.2, 0.25) is 0 Å². The minimum Gasteiger partial charge on any atom is -0.260 e. The lowest BCUT2D eigenvalue weighted by atomic mass is 10.3. The molecule has 0 aliphatic rings. The van der Waals surface area contributed by atoms with E-state index in [4.69, 9.17) is 0 Å². The lowest BCUT2D eigenvalue weighted by Gasteiger charge is -1.90. The molecule has 2 aromatic heterocycles. The van der Waals surface area contributed by atoms with Crippen LogP contribution < -0.4 is 0 Å². The summed E-state index contributed by atoms with van der Waals surface area (Å²) in [7, 11) is 0. The third-order valence-corrected chi connectivity index (χ3v) is 2.99. The summed E-state index contributed by atoms with van der Waals surface area (Å²) in [6.45, 7) is 1.85. The van der Waals surface area contributed by atoms with E-state index in [-0.39, 0.29) is 9.92 Å². The standard InChI is InChI=1S/C8H6N2O2S/c1-5-8-6(2-3-9-5)4-7(13-8)10(11)12/h2-4H,1H3. The maximum atomic E-state index is 10.5. The van der Waals surface area contributed by atoms with Gasteiger partial charge in [0, 0.05) is 17.6 Å². The lowest BCUT2D eigenvalue weighted by molar-refractivity contribution is -0.380. The topological polar surface area (TPSA) is 56.0 Å². The first-order chi connectivity index (χ1) is 6.18. The highest BCUT2D eigenvalue weighted by Crippen LogP contribution is 2.32. The van der Waals surface area contributed by atoms with Gasteiger partial charge in [-0.2, -0.15) is 0 Å². The summed E-state index contributed by atoms with van der Waals surface area (Å²) in [6.07, 6.45) is 1.66. The van der Waals surface area contributed by atoms with E-state index in [2.05, 4.69) is 4.98 Å². The molecule has 0 N–H and O–H groups in total. The molecule has 0 fully saturated rings. The second-order valence-corrected chi connectivity index (χ2v) is 3.69. The average Bonchev–Trinajstić information content (AvgIpc) is 2.49. The molecule has 0 unspecified atom stereocenters. The van der Waals surface area contributed by atoms with Crippen LogP contribution >= 0.6 is 11.3 Å².